The molecule has 0 radical (unpaired) electrons. The molecule has 1 N–H and O–H groups in total. The zero-order chi connectivity index (χ0) is 11.0. The van der Waals surface area contributed by atoms with Gasteiger partial charge in [-0.3, -0.25) is 9.59 Å². The summed E-state index contributed by atoms with van der Waals surface area (Å²) < 4.78 is 0. The van der Waals surface area contributed by atoms with Gasteiger partial charge in [0.1, 0.15) is 0 Å². The standard InChI is InChI=1S/C12H11NO2/c1-7(2)12(15)13-9-3-4-10-8(5-9)6-11(10)14/h3-5H,1,6H2,2H3,(H,13,15). The Kier molecular flexibility index (Phi) is 2.15. The molecule has 0 aliphatic heterocycles. The van der Waals surface area contributed by atoms with Crippen LogP contribution in [0.2, 0.25) is 0 Å². The topological polar surface area (TPSA) is 46.2 Å². The molecule has 0 aromatic heterocycles. The van der Waals surface area contributed by atoms with Gasteiger partial charge in [0.15, 0.2) is 5.78 Å². The third-order valence-corrected chi connectivity index (χ3v) is 2.40. The van der Waals surface area contributed by atoms with Gasteiger partial charge in [-0.2, -0.15) is 0 Å². The van der Waals surface area contributed by atoms with Gasteiger partial charge in [0.2, 0.25) is 0 Å². The minimum atomic E-state index is -0.194. The summed E-state index contributed by atoms with van der Waals surface area (Å²) >= 11 is 0. The second-order valence-corrected chi connectivity index (χ2v) is 3.71. The second kappa shape index (κ2) is 3.35. The molecule has 0 atom stereocenters. The summed E-state index contributed by atoms with van der Waals surface area (Å²) in [4.78, 5) is 22.4. The van der Waals surface area contributed by atoms with E-state index in [1.807, 2.05) is 6.07 Å². The molecule has 3 nitrogen and oxygen atoms in total. The summed E-state index contributed by atoms with van der Waals surface area (Å²) in [6.07, 6.45) is 0.478. The minimum absolute atomic E-state index is 0.169. The van der Waals surface area contributed by atoms with E-state index in [0.29, 0.717) is 17.7 Å². The molecule has 76 valence electrons. The van der Waals surface area contributed by atoms with Crippen molar-refractivity contribution in [2.75, 3.05) is 5.32 Å². The predicted octanol–water partition coefficient (Wildman–Crippen LogP) is 1.94. The Hall–Kier alpha value is -1.90. The number of hydrogen-bond donors (Lipinski definition) is 1. The number of rotatable bonds is 2. The monoisotopic (exact) mass is 201 g/mol. The highest BCUT2D eigenvalue weighted by atomic mass is 16.1. The maximum atomic E-state index is 11.3. The smallest absolute Gasteiger partial charge is 0.250 e. The zero-order valence-corrected chi connectivity index (χ0v) is 8.46. The van der Waals surface area contributed by atoms with Crippen LogP contribution >= 0.6 is 0 Å². The molecule has 15 heavy (non-hydrogen) atoms. The molecule has 1 aliphatic rings. The van der Waals surface area contributed by atoms with Gasteiger partial charge in [0, 0.05) is 23.2 Å². The van der Waals surface area contributed by atoms with Crippen LogP contribution in [0.1, 0.15) is 22.8 Å². The predicted molar refractivity (Wildman–Crippen MR) is 57.9 cm³/mol. The van der Waals surface area contributed by atoms with Crippen LogP contribution in [0, 0.1) is 0 Å². The summed E-state index contributed by atoms with van der Waals surface area (Å²) in [6.45, 7) is 5.20. The van der Waals surface area contributed by atoms with E-state index in [9.17, 15) is 9.59 Å². The van der Waals surface area contributed by atoms with Gasteiger partial charge in [0.25, 0.3) is 5.91 Å². The molecule has 1 amide bonds. The Morgan fingerprint density at radius 3 is 2.73 bits per heavy atom. The quantitative estimate of drug-likeness (QED) is 0.743. The minimum Gasteiger partial charge on any atom is -0.322 e. The molecule has 1 aromatic rings. The van der Waals surface area contributed by atoms with Gasteiger partial charge in [-0.25, -0.2) is 0 Å². The van der Waals surface area contributed by atoms with E-state index in [4.69, 9.17) is 0 Å². The van der Waals surface area contributed by atoms with Crippen molar-refractivity contribution in [3.05, 3.63) is 41.5 Å². The van der Waals surface area contributed by atoms with Crippen LogP contribution in [0.25, 0.3) is 0 Å². The summed E-state index contributed by atoms with van der Waals surface area (Å²) in [5.41, 5.74) is 2.95. The fraction of sp³-hybridized carbons (Fsp3) is 0.167. The summed E-state index contributed by atoms with van der Waals surface area (Å²) in [5, 5.41) is 2.71. The van der Waals surface area contributed by atoms with Crippen LogP contribution in [0.4, 0.5) is 5.69 Å². The third-order valence-electron chi connectivity index (χ3n) is 2.40. The number of ketones is 1. The first kappa shape index (κ1) is 9.65. The Morgan fingerprint density at radius 2 is 2.20 bits per heavy atom. The van der Waals surface area contributed by atoms with Gasteiger partial charge >= 0.3 is 0 Å². The first-order valence-corrected chi connectivity index (χ1v) is 4.71. The van der Waals surface area contributed by atoms with Gasteiger partial charge in [-0.05, 0) is 30.7 Å². The lowest BCUT2D eigenvalue weighted by molar-refractivity contribution is -0.112. The Labute approximate surface area is 87.8 Å². The van der Waals surface area contributed by atoms with Crippen LogP contribution < -0.4 is 5.32 Å². The average Bonchev–Trinajstić information content (AvgIpc) is 2.16. The molecule has 2 rings (SSSR count). The summed E-state index contributed by atoms with van der Waals surface area (Å²) in [5.74, 6) is -0.0247. The number of hydrogen-bond acceptors (Lipinski definition) is 2. The van der Waals surface area contributed by atoms with Crippen LogP contribution in [0.15, 0.2) is 30.4 Å². The highest BCUT2D eigenvalue weighted by molar-refractivity contribution is 6.08. The van der Waals surface area contributed by atoms with E-state index in [1.54, 1.807) is 19.1 Å². The van der Waals surface area contributed by atoms with Crippen LogP contribution in [0.5, 0.6) is 0 Å². The van der Waals surface area contributed by atoms with Crippen molar-refractivity contribution in [1.82, 2.24) is 0 Å². The molecular weight excluding hydrogens is 190 g/mol. The number of benzene rings is 1. The van der Waals surface area contributed by atoms with Gasteiger partial charge in [-0.15, -0.1) is 0 Å². The zero-order valence-electron chi connectivity index (χ0n) is 8.46. The largest absolute Gasteiger partial charge is 0.322 e. The van der Waals surface area contributed by atoms with Crippen molar-refractivity contribution in [3.63, 3.8) is 0 Å². The molecule has 0 saturated heterocycles. The molecule has 3 heteroatoms. The number of carbonyl (C=O) groups excluding carboxylic acids is 2. The van der Waals surface area contributed by atoms with E-state index in [-0.39, 0.29) is 11.7 Å². The highest BCUT2D eigenvalue weighted by Crippen LogP contribution is 2.25. The molecule has 0 fully saturated rings. The Bertz CT molecular complexity index is 475. The molecule has 0 saturated carbocycles. The highest BCUT2D eigenvalue weighted by Gasteiger charge is 2.22. The lowest BCUT2D eigenvalue weighted by atomic mass is 9.87. The second-order valence-electron chi connectivity index (χ2n) is 3.71. The van der Waals surface area contributed by atoms with Crippen molar-refractivity contribution >= 4 is 17.4 Å². The lowest BCUT2D eigenvalue weighted by Crippen LogP contribution is -2.19. The molecule has 0 bridgehead atoms. The van der Waals surface area contributed by atoms with E-state index in [1.165, 1.54) is 0 Å². The van der Waals surface area contributed by atoms with E-state index < -0.39 is 0 Å². The average molecular weight is 201 g/mol. The number of Topliss-reactive ketones (excluding diaryl/α,β-unsaturated/α-hetero) is 1. The van der Waals surface area contributed by atoms with Crippen molar-refractivity contribution < 1.29 is 9.59 Å². The number of anilines is 1. The van der Waals surface area contributed by atoms with Gasteiger partial charge in [-0.1, -0.05) is 6.58 Å². The maximum Gasteiger partial charge on any atom is 0.250 e. The van der Waals surface area contributed by atoms with Crippen molar-refractivity contribution in [1.29, 1.82) is 0 Å². The van der Waals surface area contributed by atoms with Gasteiger partial charge in [0.05, 0.1) is 0 Å². The van der Waals surface area contributed by atoms with E-state index >= 15 is 0 Å². The number of fused-ring (bicyclic) bond motifs is 1. The lowest BCUT2D eigenvalue weighted by Gasteiger charge is -2.18. The molecule has 0 unspecified atom stereocenters. The molecule has 0 heterocycles. The first-order chi connectivity index (χ1) is 7.08. The van der Waals surface area contributed by atoms with E-state index in [2.05, 4.69) is 11.9 Å². The van der Waals surface area contributed by atoms with E-state index in [0.717, 1.165) is 11.1 Å². The molecular formula is C12H11NO2. The molecule has 1 aliphatic carbocycles. The number of amides is 1. The third kappa shape index (κ3) is 1.68. The fourth-order valence-corrected chi connectivity index (χ4v) is 1.49. The molecule has 1 aromatic carbocycles. The van der Waals surface area contributed by atoms with Crippen LogP contribution in [-0.4, -0.2) is 11.7 Å². The Morgan fingerprint density at radius 1 is 1.47 bits per heavy atom. The van der Waals surface area contributed by atoms with Crippen molar-refractivity contribution in [2.24, 2.45) is 0 Å². The normalized spacial score (nSPS) is 12.7. The molecule has 0 spiro atoms. The SMILES string of the molecule is C=C(C)C(=O)Nc1ccc2c(c1)CC2=O. The fourth-order valence-electron chi connectivity index (χ4n) is 1.49. The maximum absolute atomic E-state index is 11.3. The first-order valence-electron chi connectivity index (χ1n) is 4.71. The number of carbonyl (C=O) groups is 2. The Balaban J connectivity index is 2.18. The number of nitrogens with one attached hydrogen (secondary N) is 1. The van der Waals surface area contributed by atoms with Crippen molar-refractivity contribution in [2.45, 2.75) is 13.3 Å². The summed E-state index contributed by atoms with van der Waals surface area (Å²) in [7, 11) is 0. The van der Waals surface area contributed by atoms with Crippen LogP contribution in [0.3, 0.4) is 0 Å². The van der Waals surface area contributed by atoms with Crippen molar-refractivity contribution in [3.8, 4) is 0 Å². The summed E-state index contributed by atoms with van der Waals surface area (Å²) in [6, 6.07) is 5.31. The van der Waals surface area contributed by atoms with Gasteiger partial charge < -0.3 is 5.32 Å². The van der Waals surface area contributed by atoms with Crippen LogP contribution in [-0.2, 0) is 11.2 Å².